The topological polar surface area (TPSA) is 94.4 Å². The van der Waals surface area contributed by atoms with Crippen molar-refractivity contribution in [3.8, 4) is 11.3 Å². The highest BCUT2D eigenvalue weighted by Crippen LogP contribution is 2.30. The number of aromatic nitrogens is 1. The molecule has 24 heavy (non-hydrogen) atoms. The molecular formula is C17H12ClFN4O. The van der Waals surface area contributed by atoms with Gasteiger partial charge in [0.2, 0.25) is 0 Å². The number of nitrogens with two attached hydrogens (primary N) is 2. The van der Waals surface area contributed by atoms with Gasteiger partial charge in [-0.1, -0.05) is 29.8 Å². The molecule has 1 aromatic heterocycles. The number of guanidine groups is 1. The Bertz CT molecular complexity index is 966. The molecule has 3 rings (SSSR count). The number of carbonyl (C=O) groups is 1. The van der Waals surface area contributed by atoms with Crippen molar-refractivity contribution in [1.82, 2.24) is 4.98 Å². The third-order valence-electron chi connectivity index (χ3n) is 3.43. The van der Waals surface area contributed by atoms with E-state index in [1.54, 1.807) is 24.3 Å². The molecule has 2 aromatic carbocycles. The fourth-order valence-corrected chi connectivity index (χ4v) is 2.49. The zero-order valence-electron chi connectivity index (χ0n) is 12.3. The van der Waals surface area contributed by atoms with Crippen LogP contribution in [-0.2, 0) is 0 Å². The van der Waals surface area contributed by atoms with Crippen molar-refractivity contribution >= 4 is 34.2 Å². The zero-order valence-corrected chi connectivity index (χ0v) is 13.1. The number of aliphatic imine (C=N–C) groups is 1. The van der Waals surface area contributed by atoms with Crippen molar-refractivity contribution in [2.45, 2.75) is 0 Å². The maximum absolute atomic E-state index is 14.1. The number of rotatable bonds is 2. The first-order chi connectivity index (χ1) is 11.5. The van der Waals surface area contributed by atoms with E-state index in [2.05, 4.69) is 9.98 Å². The van der Waals surface area contributed by atoms with Crippen LogP contribution < -0.4 is 11.5 Å². The minimum atomic E-state index is -0.608. The molecule has 0 fully saturated rings. The van der Waals surface area contributed by atoms with Crippen LogP contribution in [-0.4, -0.2) is 16.9 Å². The third-order valence-corrected chi connectivity index (χ3v) is 3.69. The number of benzene rings is 2. The lowest BCUT2D eigenvalue weighted by Gasteiger charge is -2.08. The number of amides is 1. The molecule has 0 aliphatic carbocycles. The molecule has 7 heteroatoms. The number of halogens is 2. The summed E-state index contributed by atoms with van der Waals surface area (Å²) in [6, 6.07) is 11.4. The molecule has 120 valence electrons. The maximum Gasteiger partial charge on any atom is 0.280 e. The predicted octanol–water partition coefficient (Wildman–Crippen LogP) is 3.11. The summed E-state index contributed by atoms with van der Waals surface area (Å²) in [5.74, 6) is -1.43. The van der Waals surface area contributed by atoms with E-state index >= 15 is 0 Å². The Kier molecular flexibility index (Phi) is 4.14. The largest absolute Gasteiger partial charge is 0.370 e. The molecule has 1 heterocycles. The van der Waals surface area contributed by atoms with Gasteiger partial charge in [-0.15, -0.1) is 0 Å². The van der Waals surface area contributed by atoms with E-state index in [0.29, 0.717) is 21.5 Å². The average molecular weight is 343 g/mol. The van der Waals surface area contributed by atoms with Crippen molar-refractivity contribution in [2.75, 3.05) is 0 Å². The van der Waals surface area contributed by atoms with Crippen LogP contribution >= 0.6 is 11.6 Å². The number of fused-ring (bicyclic) bond motifs is 1. The summed E-state index contributed by atoms with van der Waals surface area (Å²) in [5.41, 5.74) is 12.0. The Balaban J connectivity index is 2.23. The second-order valence-corrected chi connectivity index (χ2v) is 5.50. The SMILES string of the molecule is NC(N)=NC(=O)c1ccc2c(F)cnc(-c3ccc(Cl)cc3)c2c1. The van der Waals surface area contributed by atoms with Crippen molar-refractivity contribution < 1.29 is 9.18 Å². The van der Waals surface area contributed by atoms with Gasteiger partial charge in [-0.25, -0.2) is 4.39 Å². The predicted molar refractivity (Wildman–Crippen MR) is 92.3 cm³/mol. The summed E-state index contributed by atoms with van der Waals surface area (Å²) in [6.07, 6.45) is 1.14. The van der Waals surface area contributed by atoms with Crippen LogP contribution in [0.1, 0.15) is 10.4 Å². The van der Waals surface area contributed by atoms with Gasteiger partial charge in [0.1, 0.15) is 5.82 Å². The molecule has 0 aliphatic heterocycles. The molecule has 0 atom stereocenters. The first-order valence-electron chi connectivity index (χ1n) is 6.94. The number of carbonyl (C=O) groups excluding carboxylic acids is 1. The molecule has 0 bridgehead atoms. The lowest BCUT2D eigenvalue weighted by atomic mass is 10.0. The second kappa shape index (κ2) is 6.25. The summed E-state index contributed by atoms with van der Waals surface area (Å²) in [5, 5.41) is 1.40. The van der Waals surface area contributed by atoms with E-state index in [1.807, 2.05) is 0 Å². The fraction of sp³-hybridized carbons (Fsp3) is 0. The van der Waals surface area contributed by atoms with Gasteiger partial charge in [0.15, 0.2) is 5.96 Å². The Morgan fingerprint density at radius 1 is 1.08 bits per heavy atom. The second-order valence-electron chi connectivity index (χ2n) is 5.06. The smallest absolute Gasteiger partial charge is 0.280 e. The first kappa shape index (κ1) is 15.9. The lowest BCUT2D eigenvalue weighted by molar-refractivity contribution is 0.100. The third kappa shape index (κ3) is 3.04. The number of hydrogen-bond donors (Lipinski definition) is 2. The van der Waals surface area contributed by atoms with Gasteiger partial charge in [0.05, 0.1) is 11.9 Å². The van der Waals surface area contributed by atoms with Gasteiger partial charge >= 0.3 is 0 Å². The van der Waals surface area contributed by atoms with E-state index in [9.17, 15) is 9.18 Å². The van der Waals surface area contributed by atoms with Gasteiger partial charge in [-0.05, 0) is 24.3 Å². The normalized spacial score (nSPS) is 10.6. The van der Waals surface area contributed by atoms with Crippen LogP contribution in [0.5, 0.6) is 0 Å². The van der Waals surface area contributed by atoms with E-state index < -0.39 is 11.7 Å². The first-order valence-corrected chi connectivity index (χ1v) is 7.31. The average Bonchev–Trinajstić information content (AvgIpc) is 2.55. The molecule has 1 amide bonds. The lowest BCUT2D eigenvalue weighted by Crippen LogP contribution is -2.24. The molecule has 0 saturated heterocycles. The molecule has 3 aromatic rings. The maximum atomic E-state index is 14.1. The molecular weight excluding hydrogens is 331 g/mol. The van der Waals surface area contributed by atoms with Crippen LogP contribution in [0.3, 0.4) is 0 Å². The van der Waals surface area contributed by atoms with Crippen molar-refractivity contribution in [1.29, 1.82) is 0 Å². The van der Waals surface area contributed by atoms with Gasteiger partial charge in [-0.2, -0.15) is 4.99 Å². The highest BCUT2D eigenvalue weighted by molar-refractivity contribution is 6.30. The summed E-state index contributed by atoms with van der Waals surface area (Å²) in [4.78, 5) is 19.6. The summed E-state index contributed by atoms with van der Waals surface area (Å²) >= 11 is 5.89. The van der Waals surface area contributed by atoms with Gasteiger partial charge in [0.25, 0.3) is 5.91 Å². The van der Waals surface area contributed by atoms with Crippen LogP contribution in [0.4, 0.5) is 4.39 Å². The van der Waals surface area contributed by atoms with Crippen LogP contribution in [0.15, 0.2) is 53.7 Å². The molecule has 4 N–H and O–H groups in total. The molecule has 0 unspecified atom stereocenters. The van der Waals surface area contributed by atoms with Gasteiger partial charge in [0, 0.05) is 26.9 Å². The van der Waals surface area contributed by atoms with E-state index in [1.165, 1.54) is 18.2 Å². The zero-order chi connectivity index (χ0) is 17.3. The Morgan fingerprint density at radius 2 is 1.79 bits per heavy atom. The van der Waals surface area contributed by atoms with Crippen molar-refractivity contribution in [3.63, 3.8) is 0 Å². The fourth-order valence-electron chi connectivity index (χ4n) is 2.36. The minimum absolute atomic E-state index is 0.235. The quantitative estimate of drug-likeness (QED) is 0.552. The molecule has 0 aliphatic rings. The van der Waals surface area contributed by atoms with Crippen LogP contribution in [0, 0.1) is 5.82 Å². The molecule has 0 saturated carbocycles. The van der Waals surface area contributed by atoms with E-state index in [0.717, 1.165) is 11.8 Å². The number of nitrogens with zero attached hydrogens (tertiary/aromatic N) is 2. The van der Waals surface area contributed by atoms with Crippen LogP contribution in [0.2, 0.25) is 5.02 Å². The number of hydrogen-bond acceptors (Lipinski definition) is 2. The number of pyridine rings is 1. The minimum Gasteiger partial charge on any atom is -0.370 e. The van der Waals surface area contributed by atoms with Gasteiger partial charge < -0.3 is 11.5 Å². The van der Waals surface area contributed by atoms with Crippen LogP contribution in [0.25, 0.3) is 22.0 Å². The standard InChI is InChI=1S/C17H12ClFN4O/c18-11-4-1-9(2-5-11)15-13-7-10(16(24)23-17(20)21)3-6-12(13)14(19)8-22-15/h1-8H,(H4,20,21,23,24). The van der Waals surface area contributed by atoms with Crippen molar-refractivity contribution in [3.05, 3.63) is 65.1 Å². The molecule has 5 nitrogen and oxygen atoms in total. The van der Waals surface area contributed by atoms with Crippen molar-refractivity contribution in [2.24, 2.45) is 16.5 Å². The summed E-state index contributed by atoms with van der Waals surface area (Å²) in [6.45, 7) is 0. The van der Waals surface area contributed by atoms with E-state index in [4.69, 9.17) is 23.1 Å². The summed E-state index contributed by atoms with van der Waals surface area (Å²) in [7, 11) is 0. The Hall–Kier alpha value is -2.99. The molecule has 0 radical (unpaired) electrons. The Labute approximate surface area is 141 Å². The highest BCUT2D eigenvalue weighted by atomic mass is 35.5. The Morgan fingerprint density at radius 3 is 2.46 bits per heavy atom. The van der Waals surface area contributed by atoms with Gasteiger partial charge in [-0.3, -0.25) is 9.78 Å². The summed E-state index contributed by atoms with van der Waals surface area (Å²) < 4.78 is 14.1. The highest BCUT2D eigenvalue weighted by Gasteiger charge is 2.13. The monoisotopic (exact) mass is 342 g/mol. The molecule has 0 spiro atoms. The van der Waals surface area contributed by atoms with E-state index in [-0.39, 0.29) is 11.5 Å².